The van der Waals surface area contributed by atoms with Crippen LogP contribution in [0.1, 0.15) is 0 Å². The Morgan fingerprint density at radius 2 is 0.565 bits per heavy atom. The van der Waals surface area contributed by atoms with Gasteiger partial charge in [0.05, 0.1) is 0 Å². The van der Waals surface area contributed by atoms with Crippen LogP contribution in [0, 0.1) is 0 Å². The summed E-state index contributed by atoms with van der Waals surface area (Å²) in [6.07, 6.45) is 0. The minimum Gasteiger partial charge on any atom is -2.00 e. The van der Waals surface area contributed by atoms with Crippen molar-refractivity contribution < 1.29 is 207 Å². The molecule has 17 nitrogen and oxygen atoms in total. The molecule has 0 saturated carbocycles. The molecule has 0 spiro atoms. The fraction of sp³-hybridized carbons (Fsp3) is 0. The molecule has 2 atom stereocenters. The third-order valence-electron chi connectivity index (χ3n) is 0.133. The van der Waals surface area contributed by atoms with Crippen molar-refractivity contribution in [3.8, 4) is 0 Å². The molecule has 0 radical (unpaired) electrons. The van der Waals surface area contributed by atoms with Gasteiger partial charge in [-0.25, -0.2) is 0 Å². The molecule has 0 aliphatic rings. The molecule has 0 aliphatic heterocycles. The van der Waals surface area contributed by atoms with Gasteiger partial charge in [-0.1, -0.05) is 0 Å². The third kappa shape index (κ3) is 247. The van der Waals surface area contributed by atoms with Gasteiger partial charge in [0.1, 0.15) is 4.31 Å². The molecule has 2 unspecified atom stereocenters. The normalized spacial score (nSPS) is 4.09. The standard InChI is InChI=1S/4Na.O5P2.10H2O.2O/c;;;;1-6(2)5-7(3)4;;;;;;;;;;;;/h;;;;;10*1H2;;/q4*+1;;;;;;;;;;;;2*-2. The predicted molar refractivity (Wildman–Crippen MR) is 53.8 cm³/mol. The van der Waals surface area contributed by atoms with Gasteiger partial charge in [-0.3, -0.25) is 0 Å². The first-order chi connectivity index (χ1) is 3.13. The number of hydrogen-bond acceptors (Lipinski definition) is 5. The maximum atomic E-state index is 9.24. The molecule has 0 aromatic carbocycles. The zero-order valence-electron chi connectivity index (χ0n) is 12.8. The SMILES string of the molecule is O.O.O.O.O.O.O.O.O.O.O=[P+]([O-])O[P+](=O)[O-].[Na+].[Na+].[Na+].[Na+].[O-2].[O-2]. The van der Waals surface area contributed by atoms with Crippen molar-refractivity contribution in [1.29, 1.82) is 0 Å². The van der Waals surface area contributed by atoms with Crippen LogP contribution in [0.3, 0.4) is 0 Å². The Hall–Kier alpha value is 3.60. The fourth-order valence-corrected chi connectivity index (χ4v) is 0.490. The molecule has 0 saturated heterocycles. The minimum absolute atomic E-state index is 0. The molecule has 0 aliphatic carbocycles. The van der Waals surface area contributed by atoms with Crippen LogP contribution in [-0.2, 0) is 24.4 Å². The Bertz CT molecular complexity index is 101. The Labute approximate surface area is 220 Å². The molecule has 0 rings (SSSR count). The summed E-state index contributed by atoms with van der Waals surface area (Å²) < 4.78 is 21.6. The van der Waals surface area contributed by atoms with Crippen LogP contribution in [-0.4, -0.2) is 54.8 Å². The Morgan fingerprint density at radius 1 is 0.478 bits per heavy atom. The molecular weight excluding hydrogens is 426 g/mol. The Morgan fingerprint density at radius 3 is 0.565 bits per heavy atom. The van der Waals surface area contributed by atoms with Gasteiger partial charge in [0.15, 0.2) is 0 Å². The second kappa shape index (κ2) is 138. The van der Waals surface area contributed by atoms with Gasteiger partial charge >= 0.3 is 135 Å². The Balaban J connectivity index is -0.00000000150. The summed E-state index contributed by atoms with van der Waals surface area (Å²) in [4.78, 5) is 18.5. The van der Waals surface area contributed by atoms with Crippen molar-refractivity contribution in [2.75, 3.05) is 0 Å². The molecule has 20 N–H and O–H groups in total. The van der Waals surface area contributed by atoms with Gasteiger partial charge in [-0.05, 0) is 9.13 Å². The maximum Gasteiger partial charge on any atom is 1.00 e. The summed E-state index contributed by atoms with van der Waals surface area (Å²) in [5.74, 6) is 0. The summed E-state index contributed by atoms with van der Waals surface area (Å²) in [6.45, 7) is 0. The van der Waals surface area contributed by atoms with E-state index in [2.05, 4.69) is 4.31 Å². The van der Waals surface area contributed by atoms with Gasteiger partial charge in [-0.15, -0.1) is 0 Å². The van der Waals surface area contributed by atoms with Crippen LogP contribution >= 0.6 is 16.5 Å². The van der Waals surface area contributed by atoms with Crippen LogP contribution in [0.4, 0.5) is 0 Å². The summed E-state index contributed by atoms with van der Waals surface area (Å²) >= 11 is 0. The molecule has 0 amide bonds. The van der Waals surface area contributed by atoms with E-state index in [-0.39, 0.29) is 184 Å². The van der Waals surface area contributed by atoms with E-state index < -0.39 is 16.5 Å². The molecule has 23 heteroatoms. The first-order valence-electron chi connectivity index (χ1n) is 1.10. The van der Waals surface area contributed by atoms with Gasteiger partial charge in [0.25, 0.3) is 0 Å². The van der Waals surface area contributed by atoms with E-state index in [4.69, 9.17) is 0 Å². The average molecular weight is 446 g/mol. The molecule has 0 aromatic rings. The second-order valence-corrected chi connectivity index (χ2v) is 2.08. The van der Waals surface area contributed by atoms with E-state index in [9.17, 15) is 18.9 Å². The van der Waals surface area contributed by atoms with E-state index >= 15 is 0 Å². The minimum atomic E-state index is -3.24. The van der Waals surface area contributed by atoms with E-state index in [1.165, 1.54) is 0 Å². The monoisotopic (exact) mass is 446 g/mol. The van der Waals surface area contributed by atoms with Crippen LogP contribution in [0.5, 0.6) is 0 Å². The van der Waals surface area contributed by atoms with Crippen LogP contribution in [0.2, 0.25) is 0 Å². The maximum absolute atomic E-state index is 9.24. The topological polar surface area (TPSA) is 461 Å². The molecule has 23 heavy (non-hydrogen) atoms. The largest absolute Gasteiger partial charge is 2.00 e. The van der Waals surface area contributed by atoms with Crippen LogP contribution in [0.15, 0.2) is 0 Å². The summed E-state index contributed by atoms with van der Waals surface area (Å²) in [5, 5.41) is 0. The smallest absolute Gasteiger partial charge is 1.00 e. The molecule has 0 bridgehead atoms. The van der Waals surface area contributed by atoms with Crippen molar-refractivity contribution in [3.05, 3.63) is 0 Å². The molecule has 0 aromatic heterocycles. The zero-order chi connectivity index (χ0) is 5.86. The summed E-state index contributed by atoms with van der Waals surface area (Å²) in [7, 11) is -6.47. The fourth-order valence-electron chi connectivity index (χ4n) is 0.0544. The van der Waals surface area contributed by atoms with E-state index in [1.54, 1.807) is 0 Å². The molecule has 0 fully saturated rings. The van der Waals surface area contributed by atoms with Gasteiger partial charge < -0.3 is 75.5 Å². The van der Waals surface area contributed by atoms with Crippen molar-refractivity contribution in [2.24, 2.45) is 0 Å². The van der Waals surface area contributed by atoms with Crippen molar-refractivity contribution in [2.45, 2.75) is 0 Å². The summed E-state index contributed by atoms with van der Waals surface area (Å²) in [5.41, 5.74) is 0. The van der Waals surface area contributed by atoms with Gasteiger partial charge in [0, 0.05) is 0 Å². The first-order valence-corrected chi connectivity index (χ1v) is 3.29. The van der Waals surface area contributed by atoms with Gasteiger partial charge in [-0.2, -0.15) is 0 Å². The van der Waals surface area contributed by atoms with Gasteiger partial charge in [0.2, 0.25) is 0 Å². The first kappa shape index (κ1) is 189. The molecular formula is H20Na4O17P2. The van der Waals surface area contributed by atoms with E-state index in [0.717, 1.165) is 0 Å². The van der Waals surface area contributed by atoms with Crippen molar-refractivity contribution in [3.63, 3.8) is 0 Å². The van der Waals surface area contributed by atoms with Crippen LogP contribution < -0.4 is 128 Å². The van der Waals surface area contributed by atoms with E-state index in [0.29, 0.717) is 0 Å². The van der Waals surface area contributed by atoms with Crippen LogP contribution in [0.25, 0.3) is 0 Å². The second-order valence-electron chi connectivity index (χ2n) is 0.529. The number of rotatable bonds is 2. The summed E-state index contributed by atoms with van der Waals surface area (Å²) in [6, 6.07) is 0. The van der Waals surface area contributed by atoms with E-state index in [1.807, 2.05) is 0 Å². The van der Waals surface area contributed by atoms with Crippen molar-refractivity contribution in [1.82, 2.24) is 0 Å². The third-order valence-corrected chi connectivity index (χ3v) is 1.20. The number of hydrogen-bond donors (Lipinski definition) is 0. The zero-order valence-corrected chi connectivity index (χ0v) is 22.5. The molecule has 136 valence electrons. The quantitative estimate of drug-likeness (QED) is 0.293. The predicted octanol–water partition coefficient (Wildman–Crippen LogP) is -21.4. The van der Waals surface area contributed by atoms with Crippen molar-refractivity contribution >= 4 is 16.5 Å². The Kier molecular flexibility index (Phi) is 1130. The average Bonchev–Trinajstić information content (AvgIpc) is 1.27. The molecule has 0 heterocycles.